The molecule has 0 aliphatic carbocycles. The third kappa shape index (κ3) is 4.75. The second-order valence-corrected chi connectivity index (χ2v) is 6.53. The van der Waals surface area contributed by atoms with Gasteiger partial charge >= 0.3 is 0 Å². The summed E-state index contributed by atoms with van der Waals surface area (Å²) in [7, 11) is 3.22. The van der Waals surface area contributed by atoms with E-state index >= 15 is 0 Å². The lowest BCUT2D eigenvalue weighted by molar-refractivity contribution is -0.119. The van der Waals surface area contributed by atoms with Crippen molar-refractivity contribution in [3.63, 3.8) is 0 Å². The number of carbonyl (C=O) groups excluding carboxylic acids is 1. The van der Waals surface area contributed by atoms with Gasteiger partial charge in [0, 0.05) is 11.6 Å². The highest BCUT2D eigenvalue weighted by Crippen LogP contribution is 2.29. The molecule has 2 aromatic rings. The topological polar surface area (TPSA) is 47.6 Å². The van der Waals surface area contributed by atoms with Crippen molar-refractivity contribution in [1.29, 1.82) is 0 Å². The molecule has 0 saturated carbocycles. The maximum Gasteiger partial charge on any atom is 0.227 e. The van der Waals surface area contributed by atoms with Crippen molar-refractivity contribution in [3.8, 4) is 11.5 Å². The van der Waals surface area contributed by atoms with Crippen molar-refractivity contribution in [2.75, 3.05) is 19.5 Å². The summed E-state index contributed by atoms with van der Waals surface area (Å²) in [6.45, 7) is 6.18. The highest BCUT2D eigenvalue weighted by Gasteiger charge is 2.17. The Labute approximate surface area is 150 Å². The van der Waals surface area contributed by atoms with Gasteiger partial charge in [0.25, 0.3) is 0 Å². The molecule has 2 aromatic carbocycles. The zero-order valence-corrected chi connectivity index (χ0v) is 15.6. The first-order valence-corrected chi connectivity index (χ1v) is 8.57. The third-order valence-electron chi connectivity index (χ3n) is 4.28. The molecule has 0 bridgehead atoms. The van der Waals surface area contributed by atoms with E-state index in [2.05, 4.69) is 25.2 Å². The predicted octanol–water partition coefficient (Wildman–Crippen LogP) is 4.64. The molecule has 1 N–H and O–H groups in total. The summed E-state index contributed by atoms with van der Waals surface area (Å²) >= 11 is 0. The molecular weight excluding hydrogens is 314 g/mol. The van der Waals surface area contributed by atoms with Crippen LogP contribution in [-0.2, 0) is 11.2 Å². The molecule has 0 saturated heterocycles. The summed E-state index contributed by atoms with van der Waals surface area (Å²) in [5.74, 6) is 1.59. The highest BCUT2D eigenvalue weighted by atomic mass is 16.5. The summed E-state index contributed by atoms with van der Waals surface area (Å²) in [5, 5.41) is 3.07. The van der Waals surface area contributed by atoms with Crippen molar-refractivity contribution < 1.29 is 14.3 Å². The first-order chi connectivity index (χ1) is 12.0. The van der Waals surface area contributed by atoms with Gasteiger partial charge in [0.2, 0.25) is 5.91 Å². The lowest BCUT2D eigenvalue weighted by atomic mass is 9.98. The molecular formula is C21H27NO3. The smallest absolute Gasteiger partial charge is 0.227 e. The van der Waals surface area contributed by atoms with Gasteiger partial charge in [-0.1, -0.05) is 45.0 Å². The van der Waals surface area contributed by atoms with Gasteiger partial charge in [-0.05, 0) is 41.7 Å². The number of amides is 1. The molecule has 1 atom stereocenters. The van der Waals surface area contributed by atoms with Crippen LogP contribution in [0.2, 0.25) is 0 Å². The Hall–Kier alpha value is -2.49. The standard InChI is InChI=1S/C21H27NO3/c1-14(2)17-8-6-7-9-18(17)22-21(23)15(3)12-16-10-11-19(24-4)20(13-16)25-5/h6-11,13-15H,12H2,1-5H3,(H,22,23). The van der Waals surface area contributed by atoms with E-state index in [1.165, 1.54) is 0 Å². The first kappa shape index (κ1) is 18.8. The Morgan fingerprint density at radius 1 is 1.00 bits per heavy atom. The fraction of sp³-hybridized carbons (Fsp3) is 0.381. The van der Waals surface area contributed by atoms with Crippen LogP contribution in [0.25, 0.3) is 0 Å². The first-order valence-electron chi connectivity index (χ1n) is 8.57. The Balaban J connectivity index is 2.08. The van der Waals surface area contributed by atoms with Gasteiger partial charge in [0.15, 0.2) is 11.5 Å². The molecule has 0 spiro atoms. The number of anilines is 1. The van der Waals surface area contributed by atoms with Gasteiger partial charge in [0.05, 0.1) is 14.2 Å². The number of benzene rings is 2. The highest BCUT2D eigenvalue weighted by molar-refractivity contribution is 5.93. The molecule has 0 radical (unpaired) electrons. The fourth-order valence-electron chi connectivity index (χ4n) is 2.82. The summed E-state index contributed by atoms with van der Waals surface area (Å²) in [4.78, 5) is 12.6. The van der Waals surface area contributed by atoms with Crippen molar-refractivity contribution >= 4 is 11.6 Å². The van der Waals surface area contributed by atoms with Crippen LogP contribution in [0.4, 0.5) is 5.69 Å². The number of para-hydroxylation sites is 1. The Kier molecular flexibility index (Phi) is 6.45. The SMILES string of the molecule is COc1ccc(CC(C)C(=O)Nc2ccccc2C(C)C)cc1OC. The molecule has 0 aliphatic heterocycles. The Morgan fingerprint density at radius 3 is 2.32 bits per heavy atom. The normalized spacial score (nSPS) is 11.9. The molecule has 1 amide bonds. The van der Waals surface area contributed by atoms with E-state index in [0.29, 0.717) is 23.8 Å². The zero-order valence-electron chi connectivity index (χ0n) is 15.6. The second kappa shape index (κ2) is 8.56. The van der Waals surface area contributed by atoms with Crippen LogP contribution < -0.4 is 14.8 Å². The number of hydrogen-bond acceptors (Lipinski definition) is 3. The second-order valence-electron chi connectivity index (χ2n) is 6.53. The lowest BCUT2D eigenvalue weighted by Crippen LogP contribution is -2.23. The largest absolute Gasteiger partial charge is 0.493 e. The predicted molar refractivity (Wildman–Crippen MR) is 102 cm³/mol. The minimum Gasteiger partial charge on any atom is -0.493 e. The molecule has 1 unspecified atom stereocenters. The van der Waals surface area contributed by atoms with Crippen LogP contribution in [0.3, 0.4) is 0 Å². The zero-order chi connectivity index (χ0) is 18.4. The molecule has 0 aliphatic rings. The van der Waals surface area contributed by atoms with E-state index in [4.69, 9.17) is 9.47 Å². The minimum absolute atomic E-state index is 0.0166. The molecule has 25 heavy (non-hydrogen) atoms. The fourth-order valence-corrected chi connectivity index (χ4v) is 2.82. The maximum absolute atomic E-state index is 12.6. The molecule has 0 fully saturated rings. The monoisotopic (exact) mass is 341 g/mol. The Bertz CT molecular complexity index is 725. The minimum atomic E-state index is -0.154. The molecule has 134 valence electrons. The van der Waals surface area contributed by atoms with Crippen molar-refractivity contribution in [3.05, 3.63) is 53.6 Å². The van der Waals surface area contributed by atoms with E-state index in [-0.39, 0.29) is 11.8 Å². The van der Waals surface area contributed by atoms with Gasteiger partial charge in [-0.25, -0.2) is 0 Å². The quantitative estimate of drug-likeness (QED) is 0.798. The van der Waals surface area contributed by atoms with E-state index < -0.39 is 0 Å². The average Bonchev–Trinajstić information content (AvgIpc) is 2.61. The van der Waals surface area contributed by atoms with Crippen LogP contribution in [0, 0.1) is 5.92 Å². The molecule has 0 heterocycles. The number of nitrogens with one attached hydrogen (secondary N) is 1. The third-order valence-corrected chi connectivity index (χ3v) is 4.28. The number of methoxy groups -OCH3 is 2. The summed E-state index contributed by atoms with van der Waals surface area (Å²) in [5.41, 5.74) is 3.08. The van der Waals surface area contributed by atoms with Crippen LogP contribution in [-0.4, -0.2) is 20.1 Å². The van der Waals surface area contributed by atoms with Gasteiger partial charge < -0.3 is 14.8 Å². The summed E-state index contributed by atoms with van der Waals surface area (Å²) in [6.07, 6.45) is 0.635. The van der Waals surface area contributed by atoms with E-state index in [1.807, 2.05) is 43.3 Å². The number of hydrogen-bond donors (Lipinski definition) is 1. The van der Waals surface area contributed by atoms with Gasteiger partial charge in [-0.15, -0.1) is 0 Å². The molecule has 2 rings (SSSR count). The molecule has 4 nitrogen and oxygen atoms in total. The molecule has 4 heteroatoms. The maximum atomic E-state index is 12.6. The summed E-state index contributed by atoms with van der Waals surface area (Å²) in [6, 6.07) is 13.7. The number of ether oxygens (including phenoxy) is 2. The van der Waals surface area contributed by atoms with Crippen LogP contribution >= 0.6 is 0 Å². The average molecular weight is 341 g/mol. The van der Waals surface area contributed by atoms with Crippen LogP contribution in [0.15, 0.2) is 42.5 Å². The Morgan fingerprint density at radius 2 is 1.68 bits per heavy atom. The van der Waals surface area contributed by atoms with Gasteiger partial charge in [-0.2, -0.15) is 0 Å². The van der Waals surface area contributed by atoms with Gasteiger partial charge in [0.1, 0.15) is 0 Å². The number of rotatable bonds is 7. The van der Waals surface area contributed by atoms with Crippen molar-refractivity contribution in [1.82, 2.24) is 0 Å². The van der Waals surface area contributed by atoms with Crippen molar-refractivity contribution in [2.45, 2.75) is 33.1 Å². The van der Waals surface area contributed by atoms with Crippen LogP contribution in [0.5, 0.6) is 11.5 Å². The van der Waals surface area contributed by atoms with Crippen molar-refractivity contribution in [2.24, 2.45) is 5.92 Å². The van der Waals surface area contributed by atoms with E-state index in [1.54, 1.807) is 14.2 Å². The summed E-state index contributed by atoms with van der Waals surface area (Å²) < 4.78 is 10.6. The lowest BCUT2D eigenvalue weighted by Gasteiger charge is -2.17. The van der Waals surface area contributed by atoms with Crippen LogP contribution in [0.1, 0.15) is 37.8 Å². The van der Waals surface area contributed by atoms with Gasteiger partial charge in [-0.3, -0.25) is 4.79 Å². The number of carbonyl (C=O) groups is 1. The van der Waals surface area contributed by atoms with E-state index in [0.717, 1.165) is 16.8 Å². The molecule has 0 aromatic heterocycles. The van der Waals surface area contributed by atoms with E-state index in [9.17, 15) is 4.79 Å².